The standard InChI is InChI=1S/C21H24ClFN4O3/c1-11(9-28)10-30-18-6-14(23)4-5-15(18)21(29)27-7-16(17(24)8-27)20-25-12(2)19(22)13(3)26-20/h4-6,11,16,24,28H,7-10H2,1-3H3. The monoisotopic (exact) mass is 434 g/mol. The number of hydrogen-bond acceptors (Lipinski definition) is 6. The van der Waals surface area contributed by atoms with Crippen molar-refractivity contribution in [2.24, 2.45) is 5.92 Å². The van der Waals surface area contributed by atoms with Gasteiger partial charge in [-0.15, -0.1) is 0 Å². The van der Waals surface area contributed by atoms with Crippen LogP contribution in [0.25, 0.3) is 0 Å². The fraction of sp³-hybridized carbons (Fsp3) is 0.429. The number of rotatable bonds is 6. The molecule has 30 heavy (non-hydrogen) atoms. The van der Waals surface area contributed by atoms with Crippen molar-refractivity contribution in [2.75, 3.05) is 26.3 Å². The minimum absolute atomic E-state index is 0.0799. The van der Waals surface area contributed by atoms with Crippen molar-refractivity contribution in [2.45, 2.75) is 26.7 Å². The quantitative estimate of drug-likeness (QED) is 0.727. The molecule has 9 heteroatoms. The largest absolute Gasteiger partial charge is 0.492 e. The highest BCUT2D eigenvalue weighted by atomic mass is 35.5. The normalized spacial score (nSPS) is 17.3. The number of carbonyl (C=O) groups excluding carboxylic acids is 1. The molecule has 1 aromatic carbocycles. The fourth-order valence-electron chi connectivity index (χ4n) is 3.23. The van der Waals surface area contributed by atoms with E-state index in [-0.39, 0.29) is 49.4 Å². The van der Waals surface area contributed by atoms with Crippen molar-refractivity contribution in [1.82, 2.24) is 14.9 Å². The highest BCUT2D eigenvalue weighted by Crippen LogP contribution is 2.29. The Labute approximate surface area is 179 Å². The molecule has 1 aliphatic rings. The summed E-state index contributed by atoms with van der Waals surface area (Å²) in [6.07, 6.45) is 0. The predicted molar refractivity (Wildman–Crippen MR) is 111 cm³/mol. The van der Waals surface area contributed by atoms with Crippen LogP contribution in [0.5, 0.6) is 5.75 Å². The zero-order valence-electron chi connectivity index (χ0n) is 17.1. The molecule has 1 fully saturated rings. The van der Waals surface area contributed by atoms with Crippen LogP contribution < -0.4 is 4.74 Å². The van der Waals surface area contributed by atoms with Crippen LogP contribution in [0, 0.1) is 31.0 Å². The van der Waals surface area contributed by atoms with Gasteiger partial charge < -0.3 is 20.2 Å². The first kappa shape index (κ1) is 22.1. The maximum atomic E-state index is 13.7. The van der Waals surface area contributed by atoms with Gasteiger partial charge in [0.1, 0.15) is 17.4 Å². The Hall–Kier alpha value is -2.58. The maximum Gasteiger partial charge on any atom is 0.257 e. The highest BCUT2D eigenvalue weighted by Gasteiger charge is 2.35. The van der Waals surface area contributed by atoms with Gasteiger partial charge in [-0.25, -0.2) is 14.4 Å². The number of aryl methyl sites for hydroxylation is 2. The second-order valence-corrected chi connectivity index (χ2v) is 7.95. The third kappa shape index (κ3) is 4.60. The molecule has 0 bridgehead atoms. The lowest BCUT2D eigenvalue weighted by Gasteiger charge is -2.19. The average Bonchev–Trinajstić information content (AvgIpc) is 3.11. The van der Waals surface area contributed by atoms with Gasteiger partial charge in [0.2, 0.25) is 0 Å². The summed E-state index contributed by atoms with van der Waals surface area (Å²) in [6.45, 7) is 5.76. The van der Waals surface area contributed by atoms with Crippen LogP contribution in [0.4, 0.5) is 4.39 Å². The number of ether oxygens (including phenoxy) is 1. The number of carbonyl (C=O) groups is 1. The number of nitrogens with one attached hydrogen (secondary N) is 1. The Kier molecular flexibility index (Phi) is 6.67. The summed E-state index contributed by atoms with van der Waals surface area (Å²) >= 11 is 6.14. The molecule has 7 nitrogen and oxygen atoms in total. The molecule has 2 unspecified atom stereocenters. The Bertz CT molecular complexity index is 962. The number of benzene rings is 1. The van der Waals surface area contributed by atoms with E-state index < -0.39 is 11.7 Å². The molecule has 1 amide bonds. The smallest absolute Gasteiger partial charge is 0.257 e. The zero-order valence-corrected chi connectivity index (χ0v) is 17.8. The predicted octanol–water partition coefficient (Wildman–Crippen LogP) is 3.15. The summed E-state index contributed by atoms with van der Waals surface area (Å²) in [6, 6.07) is 3.73. The van der Waals surface area contributed by atoms with Gasteiger partial charge in [-0.1, -0.05) is 18.5 Å². The summed E-state index contributed by atoms with van der Waals surface area (Å²) in [4.78, 5) is 23.4. The molecular formula is C21H24ClFN4O3. The molecule has 0 saturated carbocycles. The number of nitrogens with zero attached hydrogens (tertiary/aromatic N) is 3. The number of likely N-dealkylation sites (tertiary alicyclic amines) is 1. The molecule has 160 valence electrons. The molecule has 1 aromatic heterocycles. The van der Waals surface area contributed by atoms with E-state index in [1.54, 1.807) is 20.8 Å². The molecule has 0 radical (unpaired) electrons. The van der Waals surface area contributed by atoms with E-state index in [0.29, 0.717) is 27.9 Å². The summed E-state index contributed by atoms with van der Waals surface area (Å²) in [5.74, 6) is -0.897. The maximum absolute atomic E-state index is 13.7. The first-order valence-corrected chi connectivity index (χ1v) is 9.99. The molecule has 2 atom stereocenters. The van der Waals surface area contributed by atoms with Gasteiger partial charge in [-0.2, -0.15) is 0 Å². The minimum Gasteiger partial charge on any atom is -0.492 e. The fourth-order valence-corrected chi connectivity index (χ4v) is 3.32. The van der Waals surface area contributed by atoms with Crippen LogP contribution in [0.3, 0.4) is 0 Å². The van der Waals surface area contributed by atoms with E-state index in [1.807, 2.05) is 0 Å². The van der Waals surface area contributed by atoms with Gasteiger partial charge in [0.15, 0.2) is 0 Å². The number of aromatic nitrogens is 2. The van der Waals surface area contributed by atoms with Crippen molar-refractivity contribution in [3.63, 3.8) is 0 Å². The molecule has 3 rings (SSSR count). The Balaban J connectivity index is 1.82. The van der Waals surface area contributed by atoms with Crippen LogP contribution in [0.2, 0.25) is 5.02 Å². The van der Waals surface area contributed by atoms with Crippen molar-refractivity contribution < 1.29 is 19.0 Å². The first-order chi connectivity index (χ1) is 14.2. The van der Waals surface area contributed by atoms with E-state index in [9.17, 15) is 9.18 Å². The number of halogens is 2. The Morgan fingerprint density at radius 1 is 1.40 bits per heavy atom. The molecule has 1 aliphatic heterocycles. The molecule has 2 N–H and O–H groups in total. The van der Waals surface area contributed by atoms with Crippen molar-refractivity contribution >= 4 is 23.2 Å². The second-order valence-electron chi connectivity index (χ2n) is 7.57. The SMILES string of the molecule is Cc1nc(C2CN(C(=O)c3ccc(F)cc3OCC(C)CO)CC2=N)nc(C)c1Cl. The van der Waals surface area contributed by atoms with E-state index in [1.165, 1.54) is 17.0 Å². The van der Waals surface area contributed by atoms with Crippen molar-refractivity contribution in [3.8, 4) is 5.75 Å². The van der Waals surface area contributed by atoms with Gasteiger partial charge in [0, 0.05) is 30.8 Å². The van der Waals surface area contributed by atoms with Crippen LogP contribution in [0.15, 0.2) is 18.2 Å². The highest BCUT2D eigenvalue weighted by molar-refractivity contribution is 6.31. The summed E-state index contributed by atoms with van der Waals surface area (Å²) in [5, 5.41) is 18.0. The van der Waals surface area contributed by atoms with Crippen molar-refractivity contribution in [3.05, 3.63) is 51.8 Å². The third-order valence-corrected chi connectivity index (χ3v) is 5.54. The third-order valence-electron chi connectivity index (χ3n) is 4.99. The minimum atomic E-state index is -0.522. The summed E-state index contributed by atoms with van der Waals surface area (Å²) in [7, 11) is 0. The van der Waals surface area contributed by atoms with Gasteiger partial charge >= 0.3 is 0 Å². The van der Waals surface area contributed by atoms with Crippen LogP contribution >= 0.6 is 11.6 Å². The lowest BCUT2D eigenvalue weighted by molar-refractivity contribution is 0.0788. The number of aliphatic hydroxyl groups excluding tert-OH is 1. The molecule has 0 spiro atoms. The molecule has 1 saturated heterocycles. The molecule has 2 heterocycles. The lowest BCUT2D eigenvalue weighted by atomic mass is 10.1. The average molecular weight is 435 g/mol. The number of aliphatic hydroxyl groups is 1. The molecule has 0 aliphatic carbocycles. The van der Waals surface area contributed by atoms with E-state index in [0.717, 1.165) is 6.07 Å². The van der Waals surface area contributed by atoms with Crippen LogP contribution in [-0.2, 0) is 0 Å². The van der Waals surface area contributed by atoms with Crippen LogP contribution in [-0.4, -0.2) is 57.9 Å². The van der Waals surface area contributed by atoms with Gasteiger partial charge in [-0.3, -0.25) is 4.79 Å². The number of amides is 1. The summed E-state index contributed by atoms with van der Waals surface area (Å²) < 4.78 is 19.3. The Morgan fingerprint density at radius 3 is 2.70 bits per heavy atom. The van der Waals surface area contributed by atoms with Gasteiger partial charge in [0.05, 0.1) is 41.0 Å². The molecule has 2 aromatic rings. The van der Waals surface area contributed by atoms with E-state index in [4.69, 9.17) is 26.9 Å². The lowest BCUT2D eigenvalue weighted by Crippen LogP contribution is -2.29. The zero-order chi connectivity index (χ0) is 22.0. The number of hydrogen-bond donors (Lipinski definition) is 2. The van der Waals surface area contributed by atoms with Gasteiger partial charge in [-0.05, 0) is 26.0 Å². The van der Waals surface area contributed by atoms with Gasteiger partial charge in [0.25, 0.3) is 5.91 Å². The second kappa shape index (κ2) is 9.06. The first-order valence-electron chi connectivity index (χ1n) is 9.61. The van der Waals surface area contributed by atoms with Crippen molar-refractivity contribution in [1.29, 1.82) is 5.41 Å². The van der Waals surface area contributed by atoms with E-state index >= 15 is 0 Å². The van der Waals surface area contributed by atoms with E-state index in [2.05, 4.69) is 9.97 Å². The summed E-state index contributed by atoms with van der Waals surface area (Å²) in [5.41, 5.74) is 1.79. The van der Waals surface area contributed by atoms with Crippen LogP contribution in [0.1, 0.15) is 40.4 Å². The topological polar surface area (TPSA) is 99.4 Å². The Morgan fingerprint density at radius 2 is 2.07 bits per heavy atom. The molecular weight excluding hydrogens is 411 g/mol.